The summed E-state index contributed by atoms with van der Waals surface area (Å²) in [5, 5.41) is 23.7. The van der Waals surface area contributed by atoms with Gasteiger partial charge in [0.05, 0.1) is 21.1 Å². The number of likely N-dealkylation sites (N-methyl/N-ethyl adjacent to an activating group) is 1. The van der Waals surface area contributed by atoms with Crippen LogP contribution in [0.2, 0.25) is 0 Å². The second-order valence-corrected chi connectivity index (χ2v) is 15.7. The number of carbonyl (C=O) groups excluding carboxylic acids is 1. The lowest BCUT2D eigenvalue weighted by Gasteiger charge is -2.28. The highest BCUT2D eigenvalue weighted by atomic mass is 31.1. The number of unbranched alkanes of at least 4 members (excludes halogenated alkanes) is 22. The van der Waals surface area contributed by atoms with Crippen molar-refractivity contribution in [1.82, 2.24) is 0 Å². The number of aliphatic hydroxyl groups excluding tert-OH is 1. The molecule has 0 aliphatic rings. The van der Waals surface area contributed by atoms with E-state index >= 15 is 0 Å². The van der Waals surface area contributed by atoms with Crippen molar-refractivity contribution in [3.05, 3.63) is 12.2 Å². The van der Waals surface area contributed by atoms with Crippen LogP contribution in [0.1, 0.15) is 187 Å². The predicted octanol–water partition coefficient (Wildman–Crippen LogP) is 10.8. The second kappa shape index (κ2) is 31.1. The highest BCUT2D eigenvalue weighted by molar-refractivity contribution is 7.40. The summed E-state index contributed by atoms with van der Waals surface area (Å²) in [7, 11) is 6.45. The van der Waals surface area contributed by atoms with Crippen LogP contribution in [0, 0.1) is 5.92 Å². The molecule has 0 bridgehead atoms. The third kappa shape index (κ3) is 30.1. The van der Waals surface area contributed by atoms with Crippen LogP contribution >= 0.6 is 8.20 Å². The molecule has 5 heteroatoms. The Kier molecular flexibility index (Phi) is 30.7. The summed E-state index contributed by atoms with van der Waals surface area (Å²) in [6.45, 7) is 5.05. The Bertz CT molecular complexity index is 700. The van der Waals surface area contributed by atoms with E-state index in [2.05, 4.69) is 26.0 Å². The van der Waals surface area contributed by atoms with E-state index in [1.54, 1.807) is 0 Å². The summed E-state index contributed by atoms with van der Waals surface area (Å²) in [6.07, 6.45) is 37.3. The maximum atomic E-state index is 13.2. The minimum Gasteiger partial charge on any atom is -0.827 e. The number of Topliss-reactive ketones (excluding diaryl/α,β-unsaturated/α-hetero) is 1. The first-order valence-electron chi connectivity index (χ1n) is 19.1. The molecule has 2 atom stereocenters. The van der Waals surface area contributed by atoms with E-state index in [9.17, 15) is 15.0 Å². The summed E-state index contributed by atoms with van der Waals surface area (Å²) in [5.41, 5.74) is -0.0664. The van der Waals surface area contributed by atoms with E-state index in [1.807, 2.05) is 21.1 Å². The number of nitrogens with zero attached hydrogens (tertiary/aromatic N) is 1. The highest BCUT2D eigenvalue weighted by Crippen LogP contribution is 2.22. The minimum atomic E-state index is -0.711. The number of carbonyl (C=O) groups is 1. The number of quaternary nitrogens is 1. The fourth-order valence-corrected chi connectivity index (χ4v) is 7.24. The zero-order valence-electron chi connectivity index (χ0n) is 30.3. The summed E-state index contributed by atoms with van der Waals surface area (Å²) in [5.74, 6) is -1.13. The quantitative estimate of drug-likeness (QED) is 0.0337. The van der Waals surface area contributed by atoms with Crippen LogP contribution in [0.4, 0.5) is 0 Å². The van der Waals surface area contributed by atoms with Gasteiger partial charge in [-0.2, -0.15) is 0 Å². The average Bonchev–Trinajstić information content (AvgIpc) is 2.96. The topological polar surface area (TPSA) is 60.4 Å². The average molecular weight is 638 g/mol. The third-order valence-corrected chi connectivity index (χ3v) is 9.73. The molecule has 0 heterocycles. The molecule has 0 radical (unpaired) electrons. The normalized spacial score (nSPS) is 14.0. The minimum absolute atomic E-state index is 0.0664. The van der Waals surface area contributed by atoms with E-state index in [1.165, 1.54) is 122 Å². The molecule has 0 spiro atoms. The monoisotopic (exact) mass is 638 g/mol. The zero-order chi connectivity index (χ0) is 32.7. The number of allylic oxidation sites excluding steroid dienone is 2. The van der Waals surface area contributed by atoms with Gasteiger partial charge in [0.2, 0.25) is 0 Å². The van der Waals surface area contributed by atoms with Gasteiger partial charge in [-0.05, 0) is 38.5 Å². The van der Waals surface area contributed by atoms with Gasteiger partial charge in [-0.25, -0.2) is 0 Å². The maximum absolute atomic E-state index is 13.2. The Hall–Kier alpha value is -0.540. The molecule has 0 aromatic rings. The fourth-order valence-electron chi connectivity index (χ4n) is 5.92. The third-order valence-electron chi connectivity index (χ3n) is 8.71. The Morgan fingerprint density at radius 1 is 0.636 bits per heavy atom. The zero-order valence-corrected chi connectivity index (χ0v) is 31.2. The molecule has 260 valence electrons. The molecule has 0 fully saturated rings. The number of aliphatic hydroxyl groups is 1. The van der Waals surface area contributed by atoms with Crippen LogP contribution in [0.15, 0.2) is 12.2 Å². The lowest BCUT2D eigenvalue weighted by atomic mass is 9.93. The fraction of sp³-hybridized carbons (Fsp3) is 0.897. The van der Waals surface area contributed by atoms with Gasteiger partial charge in [-0.3, -0.25) is 4.79 Å². The Morgan fingerprint density at radius 3 is 1.45 bits per heavy atom. The summed E-state index contributed by atoms with van der Waals surface area (Å²) in [4.78, 5) is 13.2. The van der Waals surface area contributed by atoms with Gasteiger partial charge < -0.3 is 14.7 Å². The Labute approximate surface area is 277 Å². The van der Waals surface area contributed by atoms with Crippen molar-refractivity contribution in [2.75, 3.05) is 27.7 Å². The smallest absolute Gasteiger partial charge is 0.142 e. The Balaban J connectivity index is 4.35. The van der Waals surface area contributed by atoms with Crippen molar-refractivity contribution in [2.24, 2.45) is 5.92 Å². The number of hydrogen-bond acceptors (Lipinski definition) is 3. The first kappa shape index (κ1) is 43.5. The van der Waals surface area contributed by atoms with Crippen LogP contribution in [-0.4, -0.2) is 54.4 Å². The van der Waals surface area contributed by atoms with Gasteiger partial charge in [-0.1, -0.05) is 163 Å². The van der Waals surface area contributed by atoms with Crippen LogP contribution < -0.4 is 5.11 Å². The first-order chi connectivity index (χ1) is 21.2. The standard InChI is InChI=1S/C39H76NO3P/c1-6-8-10-12-14-16-18-20-22-23-25-27-29-31-33-36(39(43)44-38(42)35-40(3,4)5)37(41)34-32-30-28-26-24-21-19-17-15-13-11-9-7-2/h20,22,36,38,42H,6-19,21,23-35H2,1-5H3/b22-20-. The number of rotatable bonds is 33. The van der Waals surface area contributed by atoms with Crippen LogP contribution in [-0.2, 0) is 4.79 Å². The van der Waals surface area contributed by atoms with Gasteiger partial charge in [0.1, 0.15) is 18.2 Å². The molecule has 44 heavy (non-hydrogen) atoms. The number of ketones is 1. The van der Waals surface area contributed by atoms with Gasteiger partial charge in [0, 0.05) is 12.3 Å². The molecule has 0 aromatic heterocycles. The lowest BCUT2D eigenvalue weighted by Crippen LogP contribution is -2.40. The highest BCUT2D eigenvalue weighted by Gasteiger charge is 2.19. The van der Waals surface area contributed by atoms with Crippen molar-refractivity contribution in [3.63, 3.8) is 0 Å². The van der Waals surface area contributed by atoms with Crippen molar-refractivity contribution < 1.29 is 19.5 Å². The van der Waals surface area contributed by atoms with E-state index in [4.69, 9.17) is 0 Å². The lowest BCUT2D eigenvalue weighted by molar-refractivity contribution is -0.871. The number of hydrogen-bond donors (Lipinski definition) is 1. The summed E-state index contributed by atoms with van der Waals surface area (Å²) < 4.78 is 0.604. The molecule has 2 unspecified atom stereocenters. The van der Waals surface area contributed by atoms with Crippen molar-refractivity contribution in [3.8, 4) is 0 Å². The molecule has 0 aromatic carbocycles. The SMILES string of the molecule is CCCCCCCC/C=C\CCCCCCC(C(=O)CCCCCCCCCCCCCCC)C([O-])=PC(O)C[N+](C)(C)C. The van der Waals surface area contributed by atoms with E-state index in [0.717, 1.165) is 38.5 Å². The van der Waals surface area contributed by atoms with Gasteiger partial charge >= 0.3 is 0 Å². The molecule has 1 N–H and O–H groups in total. The van der Waals surface area contributed by atoms with Gasteiger partial charge in [0.25, 0.3) is 0 Å². The molecule has 0 amide bonds. The second-order valence-electron chi connectivity index (χ2n) is 14.5. The van der Waals surface area contributed by atoms with Crippen molar-refractivity contribution >= 4 is 19.5 Å². The van der Waals surface area contributed by atoms with Crippen LogP contribution in [0.25, 0.3) is 0 Å². The van der Waals surface area contributed by atoms with Crippen molar-refractivity contribution in [2.45, 2.75) is 193 Å². The molecule has 0 saturated heterocycles. The largest absolute Gasteiger partial charge is 0.827 e. The molecule has 0 rings (SSSR count). The molecule has 0 aliphatic heterocycles. The summed E-state index contributed by atoms with van der Waals surface area (Å²) >= 11 is 0. The van der Waals surface area contributed by atoms with Crippen LogP contribution in [0.3, 0.4) is 0 Å². The van der Waals surface area contributed by atoms with Gasteiger partial charge in [0.15, 0.2) is 0 Å². The molecular weight excluding hydrogens is 561 g/mol. The molecule has 0 aliphatic carbocycles. The molecule has 4 nitrogen and oxygen atoms in total. The van der Waals surface area contributed by atoms with E-state index in [-0.39, 0.29) is 11.3 Å². The predicted molar refractivity (Wildman–Crippen MR) is 194 cm³/mol. The van der Waals surface area contributed by atoms with Gasteiger partial charge in [-0.15, -0.1) is 5.48 Å². The van der Waals surface area contributed by atoms with E-state index in [0.29, 0.717) is 32.1 Å². The molecule has 0 saturated carbocycles. The van der Waals surface area contributed by atoms with Crippen molar-refractivity contribution in [1.29, 1.82) is 0 Å². The molecular formula is C39H76NO3P. The summed E-state index contributed by atoms with van der Waals surface area (Å²) in [6, 6.07) is 0. The van der Waals surface area contributed by atoms with Crippen LogP contribution in [0.5, 0.6) is 0 Å². The van der Waals surface area contributed by atoms with E-state index < -0.39 is 11.8 Å². The first-order valence-corrected chi connectivity index (χ1v) is 20.1. The Morgan fingerprint density at radius 2 is 1.02 bits per heavy atom. The maximum Gasteiger partial charge on any atom is 0.142 e.